The number of aryl methyl sites for hydroxylation is 1. The molecule has 0 saturated carbocycles. The highest BCUT2D eigenvalue weighted by Gasteiger charge is 2.37. The maximum atomic E-state index is 5.44. The lowest BCUT2D eigenvalue weighted by molar-refractivity contribution is 0.415. The number of methoxy groups -OCH3 is 1. The quantitative estimate of drug-likeness (QED) is 0.356. The van der Waals surface area contributed by atoms with Crippen LogP contribution in [0.25, 0.3) is 5.57 Å². The Labute approximate surface area is 229 Å². The summed E-state index contributed by atoms with van der Waals surface area (Å²) in [5.74, 6) is 0.928. The molecular formula is C34H37NOSi2. The first kappa shape index (κ1) is 25.1. The van der Waals surface area contributed by atoms with E-state index in [1.54, 1.807) is 17.5 Å². The van der Waals surface area contributed by atoms with Gasteiger partial charge >= 0.3 is 0 Å². The van der Waals surface area contributed by atoms with E-state index in [1.807, 2.05) is 0 Å². The second kappa shape index (κ2) is 9.51. The molecule has 6 rings (SSSR count). The van der Waals surface area contributed by atoms with E-state index >= 15 is 0 Å². The highest BCUT2D eigenvalue weighted by molar-refractivity contribution is 7.01. The third-order valence-corrected chi connectivity index (χ3v) is 15.1. The van der Waals surface area contributed by atoms with Crippen LogP contribution < -0.4 is 30.4 Å². The average molecular weight is 532 g/mol. The van der Waals surface area contributed by atoms with Gasteiger partial charge in [0.25, 0.3) is 0 Å². The second-order valence-corrected chi connectivity index (χ2v) is 18.5. The van der Waals surface area contributed by atoms with Crippen molar-refractivity contribution in [2.75, 3.05) is 25.6 Å². The predicted octanol–water partition coefficient (Wildman–Crippen LogP) is 4.63. The largest absolute Gasteiger partial charge is 0.497 e. The number of rotatable bonds is 4. The van der Waals surface area contributed by atoms with Gasteiger partial charge in [0.15, 0.2) is 0 Å². The monoisotopic (exact) mass is 531 g/mol. The first-order valence-electron chi connectivity index (χ1n) is 13.8. The summed E-state index contributed by atoms with van der Waals surface area (Å²) in [6.45, 7) is 10.9. The molecule has 0 unspecified atom stereocenters. The van der Waals surface area contributed by atoms with Gasteiger partial charge in [0.1, 0.15) is 13.8 Å². The van der Waals surface area contributed by atoms with Crippen molar-refractivity contribution in [1.82, 2.24) is 0 Å². The molecule has 0 fully saturated rings. The number of hydrogen-bond donors (Lipinski definition) is 0. The lowest BCUT2D eigenvalue weighted by Gasteiger charge is -2.34. The lowest BCUT2D eigenvalue weighted by Crippen LogP contribution is -2.62. The van der Waals surface area contributed by atoms with E-state index in [2.05, 4.69) is 118 Å². The summed E-state index contributed by atoms with van der Waals surface area (Å²) in [6.07, 6.45) is 1.14. The van der Waals surface area contributed by atoms with Crippen LogP contribution in [0.5, 0.6) is 5.75 Å². The zero-order chi connectivity index (χ0) is 26.6. The minimum absolute atomic E-state index is 0.881. The minimum atomic E-state index is -1.95. The Kier molecular flexibility index (Phi) is 6.28. The Morgan fingerprint density at radius 3 is 2.37 bits per heavy atom. The molecule has 38 heavy (non-hydrogen) atoms. The normalized spacial score (nSPS) is 16.1. The van der Waals surface area contributed by atoms with Gasteiger partial charge in [0, 0.05) is 19.3 Å². The first-order valence-corrected chi connectivity index (χ1v) is 18.5. The molecule has 4 aromatic rings. The van der Waals surface area contributed by atoms with Gasteiger partial charge in [0.05, 0.1) is 15.5 Å². The maximum Gasteiger partial charge on any atom is 0.118 e. The Hall–Kier alpha value is -3.22. The minimum Gasteiger partial charge on any atom is -0.497 e. The van der Waals surface area contributed by atoms with E-state index in [-0.39, 0.29) is 0 Å². The zero-order valence-electron chi connectivity index (χ0n) is 23.5. The number of likely N-dealkylation sites (N-methyl/N-ethyl adjacent to an activating group) is 1. The van der Waals surface area contributed by atoms with Crippen LogP contribution in [-0.2, 0) is 6.42 Å². The van der Waals surface area contributed by atoms with Gasteiger partial charge in [0.2, 0.25) is 0 Å². The molecule has 0 bridgehead atoms. The second-order valence-electron chi connectivity index (χ2n) is 11.3. The molecule has 192 valence electrons. The number of ether oxygens (including phenoxy) is 1. The molecule has 0 spiro atoms. The number of benzene rings is 4. The number of nitrogens with zero attached hydrogens (tertiary/aromatic N) is 1. The Morgan fingerprint density at radius 1 is 0.895 bits per heavy atom. The van der Waals surface area contributed by atoms with E-state index in [4.69, 9.17) is 4.74 Å². The van der Waals surface area contributed by atoms with Gasteiger partial charge in [-0.1, -0.05) is 74.6 Å². The van der Waals surface area contributed by atoms with Crippen molar-refractivity contribution in [3.05, 3.63) is 111 Å². The van der Waals surface area contributed by atoms with Crippen molar-refractivity contribution in [2.24, 2.45) is 0 Å². The molecule has 2 aliphatic rings. The molecule has 0 aromatic heterocycles. The van der Waals surface area contributed by atoms with Crippen molar-refractivity contribution in [3.63, 3.8) is 0 Å². The molecule has 0 amide bonds. The van der Waals surface area contributed by atoms with E-state index in [1.165, 1.54) is 54.8 Å². The summed E-state index contributed by atoms with van der Waals surface area (Å²) in [5.41, 5.74) is 8.55. The summed E-state index contributed by atoms with van der Waals surface area (Å²) in [5, 5.41) is 6.08. The van der Waals surface area contributed by atoms with Crippen LogP contribution in [0.1, 0.15) is 29.2 Å². The fraction of sp³-hybridized carbons (Fsp3) is 0.265. The van der Waals surface area contributed by atoms with Crippen LogP contribution >= 0.6 is 0 Å². The number of anilines is 1. The summed E-state index contributed by atoms with van der Waals surface area (Å²) in [6, 6.07) is 31.5. The molecule has 2 aliphatic heterocycles. The van der Waals surface area contributed by atoms with Crippen molar-refractivity contribution in [3.8, 4) is 5.75 Å². The van der Waals surface area contributed by atoms with Crippen LogP contribution in [0.15, 0.2) is 78.9 Å². The smallest absolute Gasteiger partial charge is 0.118 e. The van der Waals surface area contributed by atoms with Crippen molar-refractivity contribution in [2.45, 2.75) is 39.4 Å². The maximum absolute atomic E-state index is 5.44. The van der Waals surface area contributed by atoms with Crippen LogP contribution in [0.3, 0.4) is 0 Å². The van der Waals surface area contributed by atoms with E-state index in [9.17, 15) is 0 Å². The Morgan fingerprint density at radius 2 is 1.66 bits per heavy atom. The highest BCUT2D eigenvalue weighted by Crippen LogP contribution is 2.33. The Balaban J connectivity index is 1.70. The molecule has 0 N–H and O–H groups in total. The lowest BCUT2D eigenvalue weighted by atomic mass is 9.90. The van der Waals surface area contributed by atoms with E-state index in [0.29, 0.717) is 0 Å². The molecule has 2 nitrogen and oxygen atoms in total. The van der Waals surface area contributed by atoms with Gasteiger partial charge < -0.3 is 9.64 Å². The Bertz CT molecular complexity index is 1690. The first-order chi connectivity index (χ1) is 18.3. The van der Waals surface area contributed by atoms with Crippen molar-refractivity contribution in [1.29, 1.82) is 0 Å². The fourth-order valence-corrected chi connectivity index (χ4v) is 12.1. The van der Waals surface area contributed by atoms with Crippen molar-refractivity contribution >= 4 is 43.3 Å². The molecule has 4 aromatic carbocycles. The number of fused-ring (bicyclic) bond motifs is 3. The van der Waals surface area contributed by atoms with Crippen LogP contribution in [0, 0.1) is 11.7 Å². The van der Waals surface area contributed by atoms with Crippen LogP contribution in [-0.4, -0.2) is 37.2 Å². The SMILES string of the molecule is CC/[Si](c1ccc(OC)cc1)=c1\ccc2c(c1)[Si](C)(C)c1cc3c(cc1C=2c1ccccc1C)CCN3C. The van der Waals surface area contributed by atoms with E-state index < -0.39 is 16.5 Å². The molecule has 0 radical (unpaired) electrons. The average Bonchev–Trinajstić information content (AvgIpc) is 3.29. The van der Waals surface area contributed by atoms with Gasteiger partial charge in [-0.3, -0.25) is 0 Å². The summed E-state index contributed by atoms with van der Waals surface area (Å²) < 4.78 is 5.44. The van der Waals surface area contributed by atoms with Gasteiger partial charge in [-0.15, -0.1) is 0 Å². The summed E-state index contributed by atoms with van der Waals surface area (Å²) >= 11 is 0. The highest BCUT2D eigenvalue weighted by atomic mass is 28.3. The molecular weight excluding hydrogens is 495 g/mol. The predicted molar refractivity (Wildman–Crippen MR) is 167 cm³/mol. The standard InChI is InChI=1S/C34H37NOSi2/c1-7-37(26-14-12-25(36-4)13-15-26)27-16-17-29-32(21-27)38(5,6)33-22-31-24(18-19-35(31)3)20-30(33)34(29)28-11-9-8-10-23(28)2/h8-17,20-22H,7,18-19H2,1-6H3/b37-27-. The van der Waals surface area contributed by atoms with Crippen molar-refractivity contribution < 1.29 is 4.74 Å². The van der Waals surface area contributed by atoms with E-state index in [0.717, 1.165) is 18.7 Å². The summed E-state index contributed by atoms with van der Waals surface area (Å²) in [7, 11) is 1.16. The number of hydrogen-bond acceptors (Lipinski definition) is 2. The molecule has 2 heterocycles. The molecule has 0 saturated heterocycles. The molecule has 4 heteroatoms. The fourth-order valence-electron chi connectivity index (χ4n) is 6.59. The van der Waals surface area contributed by atoms with Gasteiger partial charge in [-0.25, -0.2) is 0 Å². The van der Waals surface area contributed by atoms with Gasteiger partial charge in [-0.2, -0.15) is 0 Å². The summed E-state index contributed by atoms with van der Waals surface area (Å²) in [4.78, 5) is 3.97. The molecule has 0 atom stereocenters. The molecule has 0 aliphatic carbocycles. The van der Waals surface area contributed by atoms with Crippen LogP contribution in [0.4, 0.5) is 5.69 Å². The zero-order valence-corrected chi connectivity index (χ0v) is 25.5. The topological polar surface area (TPSA) is 12.5 Å². The third-order valence-electron chi connectivity index (χ3n) is 8.81. The van der Waals surface area contributed by atoms with Gasteiger partial charge in [-0.05, 0) is 97.1 Å². The third kappa shape index (κ3) is 3.93. The van der Waals surface area contributed by atoms with Crippen LogP contribution in [0.2, 0.25) is 19.1 Å².